The number of halogens is 4. The highest BCUT2D eigenvalue weighted by Gasteiger charge is 2.39. The van der Waals surface area contributed by atoms with Crippen LogP contribution in [-0.4, -0.2) is 24.1 Å². The Morgan fingerprint density at radius 2 is 2.00 bits per heavy atom. The molecule has 1 nitrogen and oxygen atoms in total. The van der Waals surface area contributed by atoms with Gasteiger partial charge in [-0.1, -0.05) is 34.1 Å². The minimum atomic E-state index is -4.18. The van der Waals surface area contributed by atoms with E-state index in [1.807, 2.05) is 24.3 Å². The Morgan fingerprint density at radius 1 is 1.31 bits per heavy atom. The largest absolute Gasteiger partial charge is 0.402 e. The summed E-state index contributed by atoms with van der Waals surface area (Å²) in [5.74, 6) is 0. The molecule has 1 aliphatic rings. The number of fused-ring (bicyclic) bond motifs is 1. The maximum Gasteiger partial charge on any atom is 0.402 e. The number of nitrogens with zero attached hydrogens (tertiary/aromatic N) is 1. The SMILES string of the molecule is FC(F)(F)C(Br)CN1CCc2ccccc21. The van der Waals surface area contributed by atoms with Gasteiger partial charge >= 0.3 is 6.18 Å². The molecule has 1 unspecified atom stereocenters. The Kier molecular flexibility index (Phi) is 3.15. The van der Waals surface area contributed by atoms with Crippen LogP contribution in [0, 0.1) is 0 Å². The van der Waals surface area contributed by atoms with E-state index in [1.54, 1.807) is 4.90 Å². The van der Waals surface area contributed by atoms with E-state index >= 15 is 0 Å². The summed E-state index contributed by atoms with van der Waals surface area (Å²) in [6.45, 7) is 0.637. The second-order valence-electron chi connectivity index (χ2n) is 3.83. The molecular formula is C11H11BrF3N. The zero-order valence-corrected chi connectivity index (χ0v) is 10.1. The van der Waals surface area contributed by atoms with Crippen LogP contribution in [0.15, 0.2) is 24.3 Å². The predicted octanol–water partition coefficient (Wildman–Crippen LogP) is 3.37. The first-order valence-electron chi connectivity index (χ1n) is 5.02. The number of rotatable bonds is 2. The summed E-state index contributed by atoms with van der Waals surface area (Å²) in [6, 6.07) is 7.61. The van der Waals surface area contributed by atoms with E-state index in [1.165, 1.54) is 0 Å². The van der Waals surface area contributed by atoms with E-state index < -0.39 is 11.0 Å². The Balaban J connectivity index is 2.09. The summed E-state index contributed by atoms with van der Waals surface area (Å²) in [5, 5.41) is 0. The van der Waals surface area contributed by atoms with Gasteiger partial charge in [-0.3, -0.25) is 0 Å². The second kappa shape index (κ2) is 4.28. The highest BCUT2D eigenvalue weighted by molar-refractivity contribution is 9.09. The van der Waals surface area contributed by atoms with E-state index in [9.17, 15) is 13.2 Å². The van der Waals surface area contributed by atoms with Crippen molar-refractivity contribution in [3.63, 3.8) is 0 Å². The lowest BCUT2D eigenvalue weighted by Gasteiger charge is -2.24. The molecule has 0 saturated carbocycles. The number of hydrogen-bond donors (Lipinski definition) is 0. The van der Waals surface area contributed by atoms with Gasteiger partial charge in [0.25, 0.3) is 0 Å². The van der Waals surface area contributed by atoms with Gasteiger partial charge in [0.1, 0.15) is 4.83 Å². The lowest BCUT2D eigenvalue weighted by atomic mass is 10.2. The van der Waals surface area contributed by atoms with E-state index in [0.717, 1.165) is 17.7 Å². The molecule has 16 heavy (non-hydrogen) atoms. The molecule has 1 aliphatic heterocycles. The van der Waals surface area contributed by atoms with Crippen LogP contribution >= 0.6 is 15.9 Å². The number of para-hydroxylation sites is 1. The number of benzene rings is 1. The van der Waals surface area contributed by atoms with Gasteiger partial charge in [-0.05, 0) is 18.1 Å². The van der Waals surface area contributed by atoms with Crippen molar-refractivity contribution in [3.05, 3.63) is 29.8 Å². The van der Waals surface area contributed by atoms with E-state index in [0.29, 0.717) is 6.54 Å². The molecule has 0 radical (unpaired) electrons. The minimum absolute atomic E-state index is 0.0273. The molecule has 0 fully saturated rings. The third-order valence-electron chi connectivity index (χ3n) is 2.72. The Morgan fingerprint density at radius 3 is 2.69 bits per heavy atom. The van der Waals surface area contributed by atoms with Crippen LogP contribution in [0.5, 0.6) is 0 Å². The fourth-order valence-corrected chi connectivity index (χ4v) is 2.24. The van der Waals surface area contributed by atoms with Crippen molar-refractivity contribution in [3.8, 4) is 0 Å². The van der Waals surface area contributed by atoms with Crippen molar-refractivity contribution >= 4 is 21.6 Å². The number of hydrogen-bond acceptors (Lipinski definition) is 1. The van der Waals surface area contributed by atoms with Gasteiger partial charge in [-0.2, -0.15) is 13.2 Å². The zero-order valence-electron chi connectivity index (χ0n) is 8.47. The molecule has 88 valence electrons. The summed E-state index contributed by atoms with van der Waals surface area (Å²) in [4.78, 5) is 0.313. The molecule has 0 amide bonds. The van der Waals surface area contributed by atoms with Gasteiger partial charge in [0.05, 0.1) is 0 Å². The lowest BCUT2D eigenvalue weighted by Crippen LogP contribution is -2.36. The van der Waals surface area contributed by atoms with Crippen molar-refractivity contribution in [2.45, 2.75) is 17.4 Å². The van der Waals surface area contributed by atoms with Gasteiger partial charge in [0.2, 0.25) is 0 Å². The molecule has 1 heterocycles. The molecule has 5 heteroatoms. The average Bonchev–Trinajstić information content (AvgIpc) is 2.61. The first-order chi connectivity index (χ1) is 7.48. The molecule has 2 rings (SSSR count). The van der Waals surface area contributed by atoms with Gasteiger partial charge in [0.15, 0.2) is 0 Å². The number of alkyl halides is 4. The third-order valence-corrected chi connectivity index (χ3v) is 3.53. The topological polar surface area (TPSA) is 3.24 Å². The quantitative estimate of drug-likeness (QED) is 0.756. The van der Waals surface area contributed by atoms with E-state index in [2.05, 4.69) is 15.9 Å². The van der Waals surface area contributed by atoms with Crippen LogP contribution in [0.4, 0.5) is 18.9 Å². The molecule has 1 atom stereocenters. The molecule has 0 saturated heterocycles. The Hall–Kier alpha value is -0.710. The third kappa shape index (κ3) is 2.34. The smallest absolute Gasteiger partial charge is 0.370 e. The van der Waals surface area contributed by atoms with Gasteiger partial charge in [-0.15, -0.1) is 0 Å². The highest BCUT2D eigenvalue weighted by atomic mass is 79.9. The summed E-state index contributed by atoms with van der Waals surface area (Å²) in [7, 11) is 0. The van der Waals surface area contributed by atoms with E-state index in [-0.39, 0.29) is 6.54 Å². The minimum Gasteiger partial charge on any atom is -0.370 e. The standard InChI is InChI=1S/C11H11BrF3N/c12-10(11(13,14)15)7-16-6-5-8-3-1-2-4-9(8)16/h1-4,10H,5-7H2. The van der Waals surface area contributed by atoms with Crippen LogP contribution in [0.3, 0.4) is 0 Å². The van der Waals surface area contributed by atoms with E-state index in [4.69, 9.17) is 0 Å². The maximum atomic E-state index is 12.4. The van der Waals surface area contributed by atoms with Crippen molar-refractivity contribution in [2.24, 2.45) is 0 Å². The molecule has 0 aromatic heterocycles. The summed E-state index contributed by atoms with van der Waals surface area (Å²) in [5.41, 5.74) is 2.06. The summed E-state index contributed by atoms with van der Waals surface area (Å²) in [6.07, 6.45) is -3.36. The van der Waals surface area contributed by atoms with Crippen LogP contribution in [0.1, 0.15) is 5.56 Å². The highest BCUT2D eigenvalue weighted by Crippen LogP contribution is 2.32. The average molecular weight is 294 g/mol. The Bertz CT molecular complexity index is 378. The molecular weight excluding hydrogens is 283 g/mol. The van der Waals surface area contributed by atoms with Crippen LogP contribution in [0.2, 0.25) is 0 Å². The predicted molar refractivity (Wildman–Crippen MR) is 61.1 cm³/mol. The maximum absolute atomic E-state index is 12.4. The van der Waals surface area contributed by atoms with Gasteiger partial charge in [-0.25, -0.2) is 0 Å². The normalized spacial score (nSPS) is 17.4. The monoisotopic (exact) mass is 293 g/mol. The molecule has 0 aliphatic carbocycles. The van der Waals surface area contributed by atoms with Gasteiger partial charge in [0, 0.05) is 18.8 Å². The van der Waals surface area contributed by atoms with Crippen molar-refractivity contribution in [1.29, 1.82) is 0 Å². The lowest BCUT2D eigenvalue weighted by molar-refractivity contribution is -0.125. The summed E-state index contributed by atoms with van der Waals surface area (Å²) >= 11 is 2.69. The van der Waals surface area contributed by atoms with Crippen molar-refractivity contribution in [2.75, 3.05) is 18.0 Å². The second-order valence-corrected chi connectivity index (χ2v) is 4.94. The van der Waals surface area contributed by atoms with Crippen molar-refractivity contribution < 1.29 is 13.2 Å². The zero-order chi connectivity index (χ0) is 11.8. The first-order valence-corrected chi connectivity index (χ1v) is 5.93. The first kappa shape index (κ1) is 11.8. The molecule has 0 N–H and O–H groups in total. The van der Waals surface area contributed by atoms with Crippen LogP contribution in [-0.2, 0) is 6.42 Å². The summed E-state index contributed by atoms with van der Waals surface area (Å²) < 4.78 is 37.2. The fourth-order valence-electron chi connectivity index (χ4n) is 1.89. The fraction of sp³-hybridized carbons (Fsp3) is 0.455. The molecule has 1 aromatic carbocycles. The van der Waals surface area contributed by atoms with Gasteiger partial charge < -0.3 is 4.90 Å². The van der Waals surface area contributed by atoms with Crippen LogP contribution in [0.25, 0.3) is 0 Å². The Labute approximate surface area is 100 Å². The van der Waals surface area contributed by atoms with Crippen LogP contribution < -0.4 is 4.90 Å². The molecule has 1 aromatic rings. The molecule has 0 bridgehead atoms. The van der Waals surface area contributed by atoms with Crippen molar-refractivity contribution in [1.82, 2.24) is 0 Å². The number of anilines is 1. The molecule has 0 spiro atoms.